The molecule has 7 nitrogen and oxygen atoms in total. The van der Waals surface area contributed by atoms with Gasteiger partial charge in [0.05, 0.1) is 18.7 Å². The minimum atomic E-state index is -4.04. The van der Waals surface area contributed by atoms with Gasteiger partial charge in [-0.05, 0) is 60.9 Å². The number of nitrogens with zero attached hydrogens (tertiary/aromatic N) is 1. The number of primary amides is 1. The molecule has 4 rings (SSSR count). The fraction of sp³-hybridized carbons (Fsp3) is 0.400. The van der Waals surface area contributed by atoms with Crippen LogP contribution >= 0.6 is 7.60 Å². The molecule has 1 unspecified atom stereocenters. The fourth-order valence-corrected chi connectivity index (χ4v) is 5.41. The lowest BCUT2D eigenvalue weighted by Crippen LogP contribution is -2.25. The molecule has 33 heavy (non-hydrogen) atoms. The molecule has 176 valence electrons. The number of fused-ring (bicyclic) bond motifs is 3. The highest BCUT2D eigenvalue weighted by Gasteiger charge is 2.31. The van der Waals surface area contributed by atoms with Crippen LogP contribution in [0.5, 0.6) is 5.75 Å². The van der Waals surface area contributed by atoms with Crippen molar-refractivity contribution in [2.75, 3.05) is 12.8 Å². The van der Waals surface area contributed by atoms with Gasteiger partial charge in [0.15, 0.2) is 0 Å². The van der Waals surface area contributed by atoms with Crippen molar-refractivity contribution in [3.05, 3.63) is 64.8 Å². The standard InChI is InChI=1S/C25H31N2O5P/c1-2-18-14-22-20(15-23(18)32-12-7-13-33(29,30)31)24-19(25(26)28)10-6-11-21(24)27(22)16-17-8-4-3-5-9-17/h3-5,8-9,14-15,19H,2,6-7,10-13,16H2,1H3,(H2,26,28)(H2,29,30,31). The first-order valence-electron chi connectivity index (χ1n) is 11.5. The Bertz CT molecular complexity index is 1200. The second kappa shape index (κ2) is 9.72. The van der Waals surface area contributed by atoms with Crippen LogP contribution in [0.1, 0.15) is 54.5 Å². The number of hydrogen-bond acceptors (Lipinski definition) is 3. The monoisotopic (exact) mass is 470 g/mol. The predicted octanol–water partition coefficient (Wildman–Crippen LogP) is 4.10. The van der Waals surface area contributed by atoms with Crippen LogP contribution in [-0.2, 0) is 28.7 Å². The number of carbonyl (C=O) groups is 1. The van der Waals surface area contributed by atoms with Gasteiger partial charge >= 0.3 is 7.60 Å². The van der Waals surface area contributed by atoms with Gasteiger partial charge in [-0.15, -0.1) is 0 Å². The number of hydrogen-bond donors (Lipinski definition) is 3. The van der Waals surface area contributed by atoms with E-state index in [2.05, 4.69) is 29.7 Å². The molecule has 1 aromatic heterocycles. The van der Waals surface area contributed by atoms with Gasteiger partial charge in [0.25, 0.3) is 0 Å². The molecule has 4 N–H and O–H groups in total. The number of nitrogens with two attached hydrogens (primary N) is 1. The second-order valence-electron chi connectivity index (χ2n) is 8.70. The molecule has 1 aliphatic carbocycles. The summed E-state index contributed by atoms with van der Waals surface area (Å²) in [5.74, 6) is 0.0609. The Kier molecular flexibility index (Phi) is 6.94. The first-order valence-corrected chi connectivity index (χ1v) is 13.3. The number of ether oxygens (including phenoxy) is 1. The lowest BCUT2D eigenvalue weighted by molar-refractivity contribution is -0.119. The molecule has 1 amide bonds. The zero-order valence-electron chi connectivity index (χ0n) is 18.9. The average molecular weight is 471 g/mol. The molecule has 2 aromatic carbocycles. The lowest BCUT2D eigenvalue weighted by Gasteiger charge is -2.22. The third kappa shape index (κ3) is 5.16. The maximum absolute atomic E-state index is 12.3. The molecule has 8 heteroatoms. The third-order valence-corrected chi connectivity index (χ3v) is 7.31. The molecule has 0 spiro atoms. The lowest BCUT2D eigenvalue weighted by atomic mass is 9.84. The largest absolute Gasteiger partial charge is 0.493 e. The zero-order valence-corrected chi connectivity index (χ0v) is 19.8. The van der Waals surface area contributed by atoms with Crippen LogP contribution in [0.3, 0.4) is 0 Å². The summed E-state index contributed by atoms with van der Waals surface area (Å²) in [6.45, 7) is 2.99. The van der Waals surface area contributed by atoms with Crippen LogP contribution in [0.25, 0.3) is 10.9 Å². The molecular formula is C25H31N2O5P. The zero-order chi connectivity index (χ0) is 23.6. The van der Waals surface area contributed by atoms with Crippen LogP contribution < -0.4 is 10.5 Å². The van der Waals surface area contributed by atoms with Crippen molar-refractivity contribution in [3.63, 3.8) is 0 Å². The fourth-order valence-electron chi connectivity index (χ4n) is 4.87. The minimum Gasteiger partial charge on any atom is -0.493 e. The van der Waals surface area contributed by atoms with Crippen LogP contribution in [0, 0.1) is 0 Å². The number of benzene rings is 2. The van der Waals surface area contributed by atoms with E-state index in [1.165, 1.54) is 5.56 Å². The van der Waals surface area contributed by atoms with Gasteiger partial charge in [-0.2, -0.15) is 0 Å². The van der Waals surface area contributed by atoms with E-state index < -0.39 is 7.60 Å². The molecule has 0 saturated heterocycles. The number of carbonyl (C=O) groups excluding carboxylic acids is 1. The minimum absolute atomic E-state index is 0.205. The van der Waals surface area contributed by atoms with Gasteiger partial charge in [0.2, 0.25) is 5.91 Å². The first kappa shape index (κ1) is 23.6. The molecule has 1 heterocycles. The van der Waals surface area contributed by atoms with E-state index in [4.69, 9.17) is 20.3 Å². The van der Waals surface area contributed by atoms with Crippen molar-refractivity contribution in [1.29, 1.82) is 0 Å². The van der Waals surface area contributed by atoms with Crippen molar-refractivity contribution in [2.45, 2.75) is 51.5 Å². The summed E-state index contributed by atoms with van der Waals surface area (Å²) in [5, 5.41) is 0.978. The smallest absolute Gasteiger partial charge is 0.325 e. The second-order valence-corrected chi connectivity index (χ2v) is 10.5. The van der Waals surface area contributed by atoms with Gasteiger partial charge in [-0.1, -0.05) is 37.3 Å². The Morgan fingerprint density at radius 3 is 2.67 bits per heavy atom. The molecule has 3 aromatic rings. The predicted molar refractivity (Wildman–Crippen MR) is 129 cm³/mol. The van der Waals surface area contributed by atoms with E-state index in [0.717, 1.165) is 53.4 Å². The number of aryl methyl sites for hydroxylation is 1. The Hall–Kier alpha value is -2.60. The molecule has 1 aliphatic rings. The Labute approximate surface area is 193 Å². The average Bonchev–Trinajstić information content (AvgIpc) is 3.08. The molecule has 0 aliphatic heterocycles. The quantitative estimate of drug-likeness (QED) is 0.322. The summed E-state index contributed by atoms with van der Waals surface area (Å²) in [6.07, 6.45) is 3.36. The summed E-state index contributed by atoms with van der Waals surface area (Å²) in [6, 6.07) is 14.4. The van der Waals surface area contributed by atoms with Crippen molar-refractivity contribution < 1.29 is 23.9 Å². The van der Waals surface area contributed by atoms with Gasteiger partial charge in [0.1, 0.15) is 5.75 Å². The summed E-state index contributed by atoms with van der Waals surface area (Å²) in [5.41, 5.74) is 11.3. The summed E-state index contributed by atoms with van der Waals surface area (Å²) < 4.78 is 19.4. The summed E-state index contributed by atoms with van der Waals surface area (Å²) >= 11 is 0. The molecule has 0 saturated carbocycles. The van der Waals surface area contributed by atoms with E-state index in [0.29, 0.717) is 12.3 Å². The van der Waals surface area contributed by atoms with E-state index in [1.807, 2.05) is 24.3 Å². The molecular weight excluding hydrogens is 439 g/mol. The third-order valence-electron chi connectivity index (χ3n) is 6.41. The molecule has 0 radical (unpaired) electrons. The van der Waals surface area contributed by atoms with Gasteiger partial charge in [0, 0.05) is 23.1 Å². The highest BCUT2D eigenvalue weighted by molar-refractivity contribution is 7.51. The molecule has 0 bridgehead atoms. The van der Waals surface area contributed by atoms with Crippen LogP contribution in [0.2, 0.25) is 0 Å². The maximum Gasteiger partial charge on any atom is 0.325 e. The van der Waals surface area contributed by atoms with Gasteiger partial charge < -0.3 is 24.8 Å². The molecule has 1 atom stereocenters. The first-order chi connectivity index (χ1) is 15.8. The van der Waals surface area contributed by atoms with E-state index in [9.17, 15) is 9.36 Å². The van der Waals surface area contributed by atoms with Gasteiger partial charge in [-0.3, -0.25) is 9.36 Å². The summed E-state index contributed by atoms with van der Waals surface area (Å²) in [7, 11) is -4.04. The topological polar surface area (TPSA) is 115 Å². The van der Waals surface area contributed by atoms with E-state index in [-0.39, 0.29) is 31.0 Å². The molecule has 0 fully saturated rings. The highest BCUT2D eigenvalue weighted by Crippen LogP contribution is 2.42. The van der Waals surface area contributed by atoms with Crippen LogP contribution in [0.15, 0.2) is 42.5 Å². The summed E-state index contributed by atoms with van der Waals surface area (Å²) in [4.78, 5) is 30.6. The van der Waals surface area contributed by atoms with Crippen LogP contribution in [-0.4, -0.2) is 33.0 Å². The van der Waals surface area contributed by atoms with E-state index in [1.54, 1.807) is 0 Å². The van der Waals surface area contributed by atoms with Crippen molar-refractivity contribution >= 4 is 24.4 Å². The van der Waals surface area contributed by atoms with Crippen molar-refractivity contribution in [2.24, 2.45) is 5.73 Å². The Morgan fingerprint density at radius 2 is 2.00 bits per heavy atom. The Morgan fingerprint density at radius 1 is 1.24 bits per heavy atom. The normalized spacial score (nSPS) is 16.0. The number of aromatic nitrogens is 1. The number of amides is 1. The number of rotatable bonds is 9. The van der Waals surface area contributed by atoms with E-state index >= 15 is 0 Å². The Balaban J connectivity index is 1.79. The maximum atomic E-state index is 12.3. The van der Waals surface area contributed by atoms with Crippen molar-refractivity contribution in [1.82, 2.24) is 4.57 Å². The van der Waals surface area contributed by atoms with Crippen molar-refractivity contribution in [3.8, 4) is 5.75 Å². The van der Waals surface area contributed by atoms with Crippen LogP contribution in [0.4, 0.5) is 0 Å². The van der Waals surface area contributed by atoms with Gasteiger partial charge in [-0.25, -0.2) is 0 Å². The highest BCUT2D eigenvalue weighted by atomic mass is 31.2. The SMILES string of the molecule is CCc1cc2c(cc1OCCCP(=O)(O)O)c1c(n2Cc2ccccc2)CCCC1C(N)=O.